The minimum atomic E-state index is -2.94. The normalized spacial score (nSPS) is 25.1. The molecule has 2 saturated carbocycles. The number of unbranched alkanes of at least 4 members (excludes halogenated alkanes) is 1. The van der Waals surface area contributed by atoms with Crippen LogP contribution >= 0.6 is 0 Å². The summed E-state index contributed by atoms with van der Waals surface area (Å²) in [4.78, 5) is 0. The zero-order valence-corrected chi connectivity index (χ0v) is 20.8. The van der Waals surface area contributed by atoms with Gasteiger partial charge in [0.15, 0.2) is 0 Å². The second-order valence-electron chi connectivity index (χ2n) is 10.9. The van der Waals surface area contributed by atoms with E-state index in [1.165, 1.54) is 87.8 Å². The molecule has 0 aromatic heterocycles. The minimum Gasteiger partial charge on any atom is -0.435 e. The summed E-state index contributed by atoms with van der Waals surface area (Å²) in [6.45, 7) is -0.562. The third kappa shape index (κ3) is 7.24. The maximum Gasteiger partial charge on any atom is 0.387 e. The lowest BCUT2D eigenvalue weighted by atomic mass is 9.76. The summed E-state index contributed by atoms with van der Waals surface area (Å²) in [5, 5.41) is 0. The molecule has 0 atom stereocenters. The first-order chi connectivity index (χ1) is 16.9. The van der Waals surface area contributed by atoms with Crippen molar-refractivity contribution in [2.75, 3.05) is 0 Å². The Kier molecular flexibility index (Phi) is 9.13. The molecule has 0 saturated heterocycles. The first kappa shape index (κ1) is 26.0. The molecule has 0 N–H and O–H groups in total. The average molecular weight is 491 g/mol. The third-order valence-electron chi connectivity index (χ3n) is 8.36. The lowest BCUT2D eigenvalue weighted by Gasteiger charge is -2.29. The Hall–Kier alpha value is -2.04. The summed E-state index contributed by atoms with van der Waals surface area (Å²) in [6, 6.07) is 8.31. The van der Waals surface area contributed by atoms with E-state index in [9.17, 15) is 17.6 Å². The van der Waals surface area contributed by atoms with Crippen LogP contribution in [0.1, 0.15) is 95.5 Å². The number of ether oxygens (including phenoxy) is 1. The highest BCUT2D eigenvalue weighted by atomic mass is 19.3. The fraction of sp³-hybridized carbons (Fsp3) is 0.600. The summed E-state index contributed by atoms with van der Waals surface area (Å²) in [7, 11) is 0. The van der Waals surface area contributed by atoms with E-state index in [0.29, 0.717) is 5.56 Å². The molecule has 35 heavy (non-hydrogen) atoms. The van der Waals surface area contributed by atoms with E-state index in [-0.39, 0.29) is 17.2 Å². The lowest BCUT2D eigenvalue weighted by molar-refractivity contribution is -0.0498. The lowest BCUT2D eigenvalue weighted by Crippen LogP contribution is -2.14. The van der Waals surface area contributed by atoms with Crippen molar-refractivity contribution in [3.63, 3.8) is 0 Å². The number of rotatable bonds is 9. The molecule has 0 radical (unpaired) electrons. The molecule has 0 unspecified atom stereocenters. The third-order valence-corrected chi connectivity index (χ3v) is 8.36. The van der Waals surface area contributed by atoms with E-state index in [2.05, 4.69) is 11.7 Å². The fourth-order valence-corrected chi connectivity index (χ4v) is 6.18. The Morgan fingerprint density at radius 1 is 0.771 bits per heavy atom. The number of alkyl halides is 2. The van der Waals surface area contributed by atoms with Crippen LogP contribution in [0.4, 0.5) is 17.6 Å². The molecule has 0 bridgehead atoms. The van der Waals surface area contributed by atoms with Gasteiger partial charge in [0, 0.05) is 0 Å². The first-order valence-electron chi connectivity index (χ1n) is 13.4. The van der Waals surface area contributed by atoms with Gasteiger partial charge < -0.3 is 4.74 Å². The van der Waals surface area contributed by atoms with Crippen LogP contribution in [0, 0.1) is 29.4 Å². The molecular formula is C30H38F4O. The molecule has 0 amide bonds. The van der Waals surface area contributed by atoms with Gasteiger partial charge in [-0.1, -0.05) is 70.4 Å². The molecule has 0 spiro atoms. The predicted molar refractivity (Wildman–Crippen MR) is 133 cm³/mol. The van der Waals surface area contributed by atoms with Crippen LogP contribution < -0.4 is 4.74 Å². The highest BCUT2D eigenvalue weighted by Gasteiger charge is 2.25. The van der Waals surface area contributed by atoms with Gasteiger partial charge in [-0.2, -0.15) is 8.78 Å². The average Bonchev–Trinajstić information content (AvgIpc) is 2.83. The van der Waals surface area contributed by atoms with Crippen molar-refractivity contribution in [3.8, 4) is 16.9 Å². The summed E-state index contributed by atoms with van der Waals surface area (Å²) >= 11 is 0. The van der Waals surface area contributed by atoms with Crippen LogP contribution in [-0.2, 0) is 0 Å². The summed E-state index contributed by atoms with van der Waals surface area (Å²) < 4.78 is 58.8. The van der Waals surface area contributed by atoms with Gasteiger partial charge >= 0.3 is 6.61 Å². The summed E-state index contributed by atoms with van der Waals surface area (Å²) in [6.07, 6.45) is 15.1. The van der Waals surface area contributed by atoms with Gasteiger partial charge in [-0.3, -0.25) is 0 Å². The topological polar surface area (TPSA) is 9.23 Å². The molecule has 2 aliphatic carbocycles. The van der Waals surface area contributed by atoms with Crippen molar-refractivity contribution in [2.24, 2.45) is 17.8 Å². The molecule has 1 nitrogen and oxygen atoms in total. The van der Waals surface area contributed by atoms with E-state index in [1.54, 1.807) is 0 Å². The van der Waals surface area contributed by atoms with Crippen molar-refractivity contribution >= 4 is 0 Å². The van der Waals surface area contributed by atoms with Gasteiger partial charge in [0.25, 0.3) is 0 Å². The van der Waals surface area contributed by atoms with Gasteiger partial charge in [-0.05, 0) is 84.7 Å². The van der Waals surface area contributed by atoms with E-state index >= 15 is 0 Å². The number of halogens is 4. The number of benzene rings is 2. The Bertz CT molecular complexity index is 903. The number of hydrogen-bond donors (Lipinski definition) is 0. The second kappa shape index (κ2) is 12.3. The van der Waals surface area contributed by atoms with Gasteiger partial charge in [0.2, 0.25) is 0 Å². The minimum absolute atomic E-state index is 0.0402. The largest absolute Gasteiger partial charge is 0.435 e. The maximum atomic E-state index is 14.9. The highest BCUT2D eigenvalue weighted by molar-refractivity contribution is 5.66. The standard InChI is InChI=1S/C30H38F4O/c1-20-6-8-21(9-7-20)4-2-3-5-22-10-12-23(13-11-22)25-18-27(31)29(28(32)19-25)24-14-16-26(17-15-24)35-30(33)34/h14-23,30H,2-13H2,1H3. The monoisotopic (exact) mass is 490 g/mol. The van der Waals surface area contributed by atoms with Crippen LogP contribution in [0.15, 0.2) is 36.4 Å². The van der Waals surface area contributed by atoms with Gasteiger partial charge in [0.05, 0.1) is 5.56 Å². The van der Waals surface area contributed by atoms with Crippen molar-refractivity contribution in [1.82, 2.24) is 0 Å². The Labute approximate surface area is 207 Å². The molecule has 2 aromatic carbocycles. The molecule has 4 rings (SSSR count). The SMILES string of the molecule is CC1CCC(CCCCC2CCC(c3cc(F)c(-c4ccc(OC(F)F)cc4)c(F)c3)CC2)CC1. The van der Waals surface area contributed by atoms with Crippen molar-refractivity contribution in [1.29, 1.82) is 0 Å². The summed E-state index contributed by atoms with van der Waals surface area (Å²) in [5.74, 6) is 1.53. The van der Waals surface area contributed by atoms with E-state index in [4.69, 9.17) is 0 Å². The highest BCUT2D eigenvalue weighted by Crippen LogP contribution is 2.40. The van der Waals surface area contributed by atoms with E-state index in [1.807, 2.05) is 0 Å². The van der Waals surface area contributed by atoms with Gasteiger partial charge in [-0.25, -0.2) is 8.78 Å². The van der Waals surface area contributed by atoms with Crippen LogP contribution in [0.5, 0.6) is 5.75 Å². The molecule has 0 heterocycles. The molecule has 0 aliphatic heterocycles. The second-order valence-corrected chi connectivity index (χ2v) is 10.9. The predicted octanol–water partition coefficient (Wildman–Crippen LogP) is 9.89. The quantitative estimate of drug-likeness (QED) is 0.251. The maximum absolute atomic E-state index is 14.9. The first-order valence-corrected chi connectivity index (χ1v) is 13.4. The van der Waals surface area contributed by atoms with Crippen LogP contribution in [0.3, 0.4) is 0 Å². The Balaban J connectivity index is 1.26. The van der Waals surface area contributed by atoms with E-state index in [0.717, 1.165) is 49.0 Å². The molecule has 2 fully saturated rings. The van der Waals surface area contributed by atoms with Crippen LogP contribution in [0.2, 0.25) is 0 Å². The number of hydrogen-bond acceptors (Lipinski definition) is 1. The van der Waals surface area contributed by atoms with Gasteiger partial charge in [-0.15, -0.1) is 0 Å². The zero-order valence-electron chi connectivity index (χ0n) is 20.8. The molecule has 2 aliphatic rings. The molecule has 2 aromatic rings. The van der Waals surface area contributed by atoms with Crippen LogP contribution in [-0.4, -0.2) is 6.61 Å². The van der Waals surface area contributed by atoms with Crippen molar-refractivity contribution in [3.05, 3.63) is 53.6 Å². The Morgan fingerprint density at radius 3 is 1.80 bits per heavy atom. The molecular weight excluding hydrogens is 452 g/mol. The van der Waals surface area contributed by atoms with Crippen LogP contribution in [0.25, 0.3) is 11.1 Å². The van der Waals surface area contributed by atoms with Crippen molar-refractivity contribution < 1.29 is 22.3 Å². The van der Waals surface area contributed by atoms with Crippen molar-refractivity contribution in [2.45, 2.75) is 96.5 Å². The summed E-state index contributed by atoms with van der Waals surface area (Å²) in [5.41, 5.74) is 0.907. The molecule has 192 valence electrons. The fourth-order valence-electron chi connectivity index (χ4n) is 6.18. The Morgan fingerprint density at radius 2 is 1.29 bits per heavy atom. The van der Waals surface area contributed by atoms with Gasteiger partial charge in [0.1, 0.15) is 17.4 Å². The van der Waals surface area contributed by atoms with E-state index < -0.39 is 18.2 Å². The zero-order chi connectivity index (χ0) is 24.8. The smallest absolute Gasteiger partial charge is 0.387 e. The molecule has 5 heteroatoms.